The predicted octanol–water partition coefficient (Wildman–Crippen LogP) is 1.96. The smallest absolute Gasteiger partial charge is 0.118 e. The van der Waals surface area contributed by atoms with Gasteiger partial charge in [0.1, 0.15) is 5.75 Å². The zero-order valence-electron chi connectivity index (χ0n) is 8.77. The van der Waals surface area contributed by atoms with Gasteiger partial charge in [-0.3, -0.25) is 4.21 Å². The van der Waals surface area contributed by atoms with Gasteiger partial charge in [0.25, 0.3) is 0 Å². The lowest BCUT2D eigenvalue weighted by Gasteiger charge is -2.04. The normalized spacial score (nSPS) is 13.9. The standard InChI is InChI=1S/C11H13NO2S/c1-9(7-12)8-15(13)11-5-3-10(14-2)4-6-11/h3-6,9H,8H2,1-2H3. The van der Waals surface area contributed by atoms with Gasteiger partial charge in [-0.15, -0.1) is 0 Å². The molecule has 1 rings (SSSR count). The van der Waals surface area contributed by atoms with Crippen LogP contribution in [0.15, 0.2) is 29.2 Å². The van der Waals surface area contributed by atoms with Crippen molar-refractivity contribution in [3.8, 4) is 11.8 Å². The Kier molecular flexibility index (Phi) is 4.32. The van der Waals surface area contributed by atoms with E-state index in [0.29, 0.717) is 5.75 Å². The third kappa shape index (κ3) is 3.37. The summed E-state index contributed by atoms with van der Waals surface area (Å²) in [6, 6.07) is 9.13. The largest absolute Gasteiger partial charge is 0.497 e. The van der Waals surface area contributed by atoms with Gasteiger partial charge in [-0.25, -0.2) is 0 Å². The van der Waals surface area contributed by atoms with Crippen molar-refractivity contribution in [3.63, 3.8) is 0 Å². The molecule has 0 aromatic heterocycles. The van der Waals surface area contributed by atoms with Gasteiger partial charge in [-0.05, 0) is 31.2 Å². The first-order chi connectivity index (χ1) is 7.17. The number of ether oxygens (including phenoxy) is 1. The molecular formula is C11H13NO2S. The molecule has 4 heteroatoms. The molecule has 0 saturated heterocycles. The molecule has 2 unspecified atom stereocenters. The third-order valence-corrected chi connectivity index (χ3v) is 3.54. The number of benzene rings is 1. The molecule has 0 N–H and O–H groups in total. The summed E-state index contributed by atoms with van der Waals surface area (Å²) in [6.45, 7) is 1.77. The molecule has 0 aliphatic carbocycles. The minimum absolute atomic E-state index is 0.187. The van der Waals surface area contributed by atoms with Crippen molar-refractivity contribution in [3.05, 3.63) is 24.3 Å². The molecule has 0 heterocycles. The summed E-state index contributed by atoms with van der Waals surface area (Å²) in [6.07, 6.45) is 0. The molecule has 0 fully saturated rings. The van der Waals surface area contributed by atoms with Crippen molar-refractivity contribution in [2.75, 3.05) is 12.9 Å². The molecule has 1 aromatic rings. The molecule has 0 aliphatic rings. The molecule has 15 heavy (non-hydrogen) atoms. The van der Waals surface area contributed by atoms with Crippen LogP contribution in [-0.4, -0.2) is 17.1 Å². The van der Waals surface area contributed by atoms with Gasteiger partial charge in [-0.2, -0.15) is 5.26 Å². The average molecular weight is 223 g/mol. The van der Waals surface area contributed by atoms with Crippen molar-refractivity contribution in [2.24, 2.45) is 5.92 Å². The Bertz CT molecular complexity index is 381. The first kappa shape index (κ1) is 11.7. The van der Waals surface area contributed by atoms with Crippen LogP contribution >= 0.6 is 0 Å². The second-order valence-corrected chi connectivity index (χ2v) is 4.71. The number of methoxy groups -OCH3 is 1. The SMILES string of the molecule is COc1ccc(S(=O)CC(C)C#N)cc1. The topological polar surface area (TPSA) is 50.1 Å². The summed E-state index contributed by atoms with van der Waals surface area (Å²) in [5.41, 5.74) is 0. The van der Waals surface area contributed by atoms with Gasteiger partial charge in [0.15, 0.2) is 0 Å². The van der Waals surface area contributed by atoms with Crippen LogP contribution in [0.4, 0.5) is 0 Å². The molecule has 1 aromatic carbocycles. The van der Waals surface area contributed by atoms with E-state index >= 15 is 0 Å². The first-order valence-electron chi connectivity index (χ1n) is 4.59. The zero-order chi connectivity index (χ0) is 11.3. The fourth-order valence-electron chi connectivity index (χ4n) is 1.09. The van der Waals surface area contributed by atoms with Gasteiger partial charge >= 0.3 is 0 Å². The van der Waals surface area contributed by atoms with E-state index < -0.39 is 10.8 Å². The highest BCUT2D eigenvalue weighted by Gasteiger charge is 2.08. The minimum atomic E-state index is -1.10. The molecule has 0 amide bonds. The van der Waals surface area contributed by atoms with Crippen LogP contribution in [0, 0.1) is 17.2 Å². The van der Waals surface area contributed by atoms with Gasteiger partial charge in [0, 0.05) is 10.6 Å². The van der Waals surface area contributed by atoms with Crippen LogP contribution in [-0.2, 0) is 10.8 Å². The van der Waals surface area contributed by atoms with Crippen LogP contribution in [0.1, 0.15) is 6.92 Å². The van der Waals surface area contributed by atoms with Crippen molar-refractivity contribution >= 4 is 10.8 Å². The van der Waals surface area contributed by atoms with Crippen molar-refractivity contribution in [1.82, 2.24) is 0 Å². The minimum Gasteiger partial charge on any atom is -0.497 e. The quantitative estimate of drug-likeness (QED) is 0.784. The Morgan fingerprint density at radius 3 is 2.53 bits per heavy atom. The van der Waals surface area contributed by atoms with E-state index in [2.05, 4.69) is 6.07 Å². The van der Waals surface area contributed by atoms with Gasteiger partial charge in [-0.1, -0.05) is 0 Å². The summed E-state index contributed by atoms with van der Waals surface area (Å²) >= 11 is 0. The third-order valence-electron chi connectivity index (χ3n) is 1.94. The summed E-state index contributed by atoms with van der Waals surface area (Å²) in [5.74, 6) is 0.931. The number of rotatable bonds is 4. The molecule has 2 atom stereocenters. The fourth-order valence-corrected chi connectivity index (χ4v) is 2.25. The molecule has 0 radical (unpaired) electrons. The number of hydrogen-bond acceptors (Lipinski definition) is 3. The molecule has 80 valence electrons. The number of nitrogens with zero attached hydrogens (tertiary/aromatic N) is 1. The molecule has 0 bridgehead atoms. The predicted molar refractivity (Wildman–Crippen MR) is 59.0 cm³/mol. The highest BCUT2D eigenvalue weighted by molar-refractivity contribution is 7.85. The van der Waals surface area contributed by atoms with Crippen LogP contribution in [0.2, 0.25) is 0 Å². The second-order valence-electron chi connectivity index (χ2n) is 3.22. The van der Waals surface area contributed by atoms with E-state index in [4.69, 9.17) is 10.00 Å². The number of nitriles is 1. The van der Waals surface area contributed by atoms with Crippen molar-refractivity contribution in [2.45, 2.75) is 11.8 Å². The fraction of sp³-hybridized carbons (Fsp3) is 0.364. The highest BCUT2D eigenvalue weighted by atomic mass is 32.2. The first-order valence-corrected chi connectivity index (χ1v) is 5.91. The Balaban J connectivity index is 2.71. The Hall–Kier alpha value is -1.34. The monoisotopic (exact) mass is 223 g/mol. The van der Waals surface area contributed by atoms with Crippen LogP contribution in [0.5, 0.6) is 5.75 Å². The van der Waals surface area contributed by atoms with Crippen molar-refractivity contribution in [1.29, 1.82) is 5.26 Å². The Morgan fingerprint density at radius 2 is 2.07 bits per heavy atom. The van der Waals surface area contributed by atoms with Crippen LogP contribution in [0.25, 0.3) is 0 Å². The van der Waals surface area contributed by atoms with Crippen LogP contribution < -0.4 is 4.74 Å². The second kappa shape index (κ2) is 5.52. The van der Waals surface area contributed by atoms with E-state index in [-0.39, 0.29) is 5.92 Å². The van der Waals surface area contributed by atoms with Gasteiger partial charge < -0.3 is 4.74 Å². The average Bonchev–Trinajstić information content (AvgIpc) is 2.29. The van der Waals surface area contributed by atoms with E-state index in [1.165, 1.54) is 0 Å². The number of hydrogen-bond donors (Lipinski definition) is 0. The maximum absolute atomic E-state index is 11.7. The lowest BCUT2D eigenvalue weighted by Crippen LogP contribution is -2.05. The Morgan fingerprint density at radius 1 is 1.47 bits per heavy atom. The molecule has 3 nitrogen and oxygen atoms in total. The molecule has 0 saturated carbocycles. The van der Waals surface area contributed by atoms with Crippen LogP contribution in [0.3, 0.4) is 0 Å². The molecule has 0 aliphatic heterocycles. The molecular weight excluding hydrogens is 210 g/mol. The lowest BCUT2D eigenvalue weighted by atomic mass is 10.3. The van der Waals surface area contributed by atoms with E-state index in [9.17, 15) is 4.21 Å². The maximum atomic E-state index is 11.7. The van der Waals surface area contributed by atoms with Crippen molar-refractivity contribution < 1.29 is 8.95 Å². The van der Waals surface area contributed by atoms with E-state index in [1.54, 1.807) is 38.3 Å². The summed E-state index contributed by atoms with van der Waals surface area (Å²) in [7, 11) is 0.485. The summed E-state index contributed by atoms with van der Waals surface area (Å²) in [4.78, 5) is 0.734. The van der Waals surface area contributed by atoms with E-state index in [1.807, 2.05) is 0 Å². The maximum Gasteiger partial charge on any atom is 0.118 e. The lowest BCUT2D eigenvalue weighted by molar-refractivity contribution is 0.414. The molecule has 0 spiro atoms. The highest BCUT2D eigenvalue weighted by Crippen LogP contribution is 2.15. The van der Waals surface area contributed by atoms with E-state index in [0.717, 1.165) is 10.6 Å². The Labute approximate surface area is 92.1 Å². The zero-order valence-corrected chi connectivity index (χ0v) is 9.58. The summed E-state index contributed by atoms with van der Waals surface area (Å²) in [5, 5.41) is 8.61. The van der Waals surface area contributed by atoms with Gasteiger partial charge in [0.2, 0.25) is 0 Å². The summed E-state index contributed by atoms with van der Waals surface area (Å²) < 4.78 is 16.7. The van der Waals surface area contributed by atoms with Gasteiger partial charge in [0.05, 0.1) is 29.9 Å².